The normalized spacial score (nSPS) is 11.8. The lowest BCUT2D eigenvalue weighted by atomic mass is 10.1. The second-order valence-electron chi connectivity index (χ2n) is 4.61. The van der Waals surface area contributed by atoms with Crippen molar-refractivity contribution in [3.63, 3.8) is 0 Å². The van der Waals surface area contributed by atoms with E-state index in [1.807, 2.05) is 6.92 Å². The Morgan fingerprint density at radius 3 is 2.65 bits per heavy atom. The zero-order valence-electron chi connectivity index (χ0n) is 11.1. The van der Waals surface area contributed by atoms with E-state index in [0.29, 0.717) is 35.2 Å². The predicted molar refractivity (Wildman–Crippen MR) is 74.7 cm³/mol. The molecule has 20 heavy (non-hydrogen) atoms. The van der Waals surface area contributed by atoms with Crippen LogP contribution in [0.25, 0.3) is 10.9 Å². The van der Waals surface area contributed by atoms with Crippen LogP contribution in [-0.2, 0) is 0 Å². The van der Waals surface area contributed by atoms with Crippen molar-refractivity contribution in [2.24, 2.45) is 0 Å². The van der Waals surface area contributed by atoms with E-state index in [1.165, 1.54) is 4.90 Å². The lowest BCUT2D eigenvalue weighted by Crippen LogP contribution is -2.35. The van der Waals surface area contributed by atoms with Crippen LogP contribution in [0.2, 0.25) is 0 Å². The van der Waals surface area contributed by atoms with Gasteiger partial charge in [-0.15, -0.1) is 0 Å². The van der Waals surface area contributed by atoms with Crippen LogP contribution in [0.15, 0.2) is 30.5 Å². The summed E-state index contributed by atoms with van der Waals surface area (Å²) in [7, 11) is 0. The van der Waals surface area contributed by atoms with Gasteiger partial charge in [0.15, 0.2) is 0 Å². The van der Waals surface area contributed by atoms with E-state index in [0.717, 1.165) is 0 Å². The maximum Gasteiger partial charge on any atom is 0.405 e. The number of aromatic nitrogens is 1. The fraction of sp³-hybridized carbons (Fsp3) is 0.357. The number of nitrogen functional groups attached to an aromatic ring is 1. The number of pyridine rings is 1. The monoisotopic (exact) mass is 283 g/mol. The average molecular weight is 283 g/mol. The number of nitrogens with zero attached hydrogens (tertiary/aromatic N) is 2. The minimum Gasteiger partial charge on any atom is -0.397 e. The molecule has 2 N–H and O–H groups in total. The van der Waals surface area contributed by atoms with Crippen molar-refractivity contribution in [1.82, 2.24) is 4.98 Å². The van der Waals surface area contributed by atoms with E-state index < -0.39 is 12.7 Å². The number of fused-ring (bicyclic) bond motifs is 1. The van der Waals surface area contributed by atoms with Gasteiger partial charge in [0.2, 0.25) is 0 Å². The largest absolute Gasteiger partial charge is 0.405 e. The Kier molecular flexibility index (Phi) is 4.01. The molecule has 0 atom stereocenters. The van der Waals surface area contributed by atoms with Gasteiger partial charge in [0.25, 0.3) is 0 Å². The quantitative estimate of drug-likeness (QED) is 0.872. The highest BCUT2D eigenvalue weighted by Crippen LogP contribution is 2.31. The summed E-state index contributed by atoms with van der Waals surface area (Å²) in [6, 6.07) is 6.67. The van der Waals surface area contributed by atoms with Gasteiger partial charge in [-0.05, 0) is 30.7 Å². The minimum absolute atomic E-state index is 0.327. The van der Waals surface area contributed by atoms with E-state index in [9.17, 15) is 13.2 Å². The van der Waals surface area contributed by atoms with Crippen LogP contribution in [0, 0.1) is 0 Å². The van der Waals surface area contributed by atoms with Crippen LogP contribution in [0.1, 0.15) is 13.3 Å². The Morgan fingerprint density at radius 1 is 1.25 bits per heavy atom. The Balaban J connectivity index is 2.51. The van der Waals surface area contributed by atoms with Crippen molar-refractivity contribution in [3.05, 3.63) is 30.5 Å². The van der Waals surface area contributed by atoms with Crippen LogP contribution in [-0.4, -0.2) is 24.2 Å². The third kappa shape index (κ3) is 3.12. The van der Waals surface area contributed by atoms with Gasteiger partial charge in [-0.1, -0.05) is 6.92 Å². The molecule has 0 unspecified atom stereocenters. The minimum atomic E-state index is -4.24. The molecule has 0 spiro atoms. The molecule has 0 aliphatic rings. The molecule has 0 saturated carbocycles. The summed E-state index contributed by atoms with van der Waals surface area (Å²) in [5.41, 5.74) is 7.34. The van der Waals surface area contributed by atoms with Gasteiger partial charge in [-0.2, -0.15) is 13.2 Å². The molecule has 0 aliphatic heterocycles. The Hall–Kier alpha value is -1.98. The summed E-state index contributed by atoms with van der Waals surface area (Å²) in [6.07, 6.45) is -2.04. The highest BCUT2D eigenvalue weighted by Gasteiger charge is 2.31. The molecular weight excluding hydrogens is 267 g/mol. The molecule has 2 rings (SSSR count). The second-order valence-corrected chi connectivity index (χ2v) is 4.61. The van der Waals surface area contributed by atoms with Gasteiger partial charge in [0.1, 0.15) is 6.54 Å². The molecule has 2 aromatic rings. The van der Waals surface area contributed by atoms with Crippen LogP contribution in [0.3, 0.4) is 0 Å². The number of hydrogen-bond donors (Lipinski definition) is 1. The Morgan fingerprint density at radius 2 is 2.00 bits per heavy atom. The summed E-state index contributed by atoms with van der Waals surface area (Å²) in [4.78, 5) is 5.47. The number of benzene rings is 1. The van der Waals surface area contributed by atoms with Gasteiger partial charge in [0, 0.05) is 23.8 Å². The van der Waals surface area contributed by atoms with Crippen LogP contribution >= 0.6 is 0 Å². The first kappa shape index (κ1) is 14.4. The van der Waals surface area contributed by atoms with E-state index in [4.69, 9.17) is 5.73 Å². The van der Waals surface area contributed by atoms with E-state index in [2.05, 4.69) is 4.98 Å². The second kappa shape index (κ2) is 5.56. The van der Waals surface area contributed by atoms with Crippen LogP contribution < -0.4 is 10.6 Å². The highest BCUT2D eigenvalue weighted by atomic mass is 19.4. The van der Waals surface area contributed by atoms with Gasteiger partial charge in [-0.3, -0.25) is 4.98 Å². The lowest BCUT2D eigenvalue weighted by Gasteiger charge is -2.27. The summed E-state index contributed by atoms with van der Waals surface area (Å²) in [5, 5.41) is 0.644. The van der Waals surface area contributed by atoms with E-state index in [1.54, 1.807) is 30.5 Å². The molecular formula is C14H16F3N3. The summed E-state index contributed by atoms with van der Waals surface area (Å²) < 4.78 is 38.1. The number of hydrogen-bond acceptors (Lipinski definition) is 3. The molecule has 6 heteroatoms. The van der Waals surface area contributed by atoms with Crippen molar-refractivity contribution in [2.75, 3.05) is 23.7 Å². The van der Waals surface area contributed by atoms with Crippen molar-refractivity contribution in [2.45, 2.75) is 19.5 Å². The maximum absolute atomic E-state index is 12.7. The van der Waals surface area contributed by atoms with Gasteiger partial charge in [0.05, 0.1) is 11.2 Å². The smallest absolute Gasteiger partial charge is 0.397 e. The summed E-state index contributed by atoms with van der Waals surface area (Å²) in [5.74, 6) is 0. The van der Waals surface area contributed by atoms with Gasteiger partial charge < -0.3 is 10.6 Å². The number of rotatable bonds is 4. The average Bonchev–Trinajstić information content (AvgIpc) is 2.37. The maximum atomic E-state index is 12.7. The van der Waals surface area contributed by atoms with Gasteiger partial charge >= 0.3 is 6.18 Å². The molecule has 0 radical (unpaired) electrons. The topological polar surface area (TPSA) is 42.1 Å². The first-order valence-corrected chi connectivity index (χ1v) is 6.37. The Bertz CT molecular complexity index is 596. The van der Waals surface area contributed by atoms with Crippen molar-refractivity contribution >= 4 is 22.3 Å². The molecule has 1 heterocycles. The molecule has 108 valence electrons. The molecule has 1 aromatic carbocycles. The van der Waals surface area contributed by atoms with Crippen molar-refractivity contribution in [1.29, 1.82) is 0 Å². The summed E-state index contributed by atoms with van der Waals surface area (Å²) >= 11 is 0. The molecule has 0 bridgehead atoms. The SMILES string of the molecule is CCCN(CC(F)(F)F)c1ccc(N)c2ncccc12. The third-order valence-corrected chi connectivity index (χ3v) is 2.98. The molecule has 3 nitrogen and oxygen atoms in total. The van der Waals surface area contributed by atoms with Crippen LogP contribution in [0.5, 0.6) is 0 Å². The van der Waals surface area contributed by atoms with E-state index >= 15 is 0 Å². The zero-order valence-corrected chi connectivity index (χ0v) is 11.1. The fourth-order valence-electron chi connectivity index (χ4n) is 2.23. The molecule has 0 fully saturated rings. The van der Waals surface area contributed by atoms with Crippen LogP contribution in [0.4, 0.5) is 24.5 Å². The summed E-state index contributed by atoms with van der Waals surface area (Å²) in [6.45, 7) is 1.20. The Labute approximate surface area is 115 Å². The number of anilines is 2. The predicted octanol–water partition coefficient (Wildman–Crippen LogP) is 3.60. The van der Waals surface area contributed by atoms with Crippen molar-refractivity contribution in [3.8, 4) is 0 Å². The molecule has 0 amide bonds. The third-order valence-electron chi connectivity index (χ3n) is 2.98. The zero-order chi connectivity index (χ0) is 14.8. The number of alkyl halides is 3. The number of nitrogens with two attached hydrogens (primary N) is 1. The van der Waals surface area contributed by atoms with Crippen molar-refractivity contribution < 1.29 is 13.2 Å². The van der Waals surface area contributed by atoms with E-state index in [-0.39, 0.29) is 0 Å². The first-order valence-electron chi connectivity index (χ1n) is 6.37. The highest BCUT2D eigenvalue weighted by molar-refractivity contribution is 5.98. The number of halogens is 3. The van der Waals surface area contributed by atoms with Gasteiger partial charge in [-0.25, -0.2) is 0 Å². The lowest BCUT2D eigenvalue weighted by molar-refractivity contribution is -0.119. The molecule has 0 aliphatic carbocycles. The molecule has 1 aromatic heterocycles. The standard InChI is InChI=1S/C14H16F3N3/c1-2-8-20(9-14(15,16)17)12-6-5-11(18)13-10(12)4-3-7-19-13/h3-7H,2,8-9,18H2,1H3. The fourth-order valence-corrected chi connectivity index (χ4v) is 2.23. The first-order chi connectivity index (χ1) is 9.42. The molecule has 0 saturated heterocycles.